The predicted octanol–water partition coefficient (Wildman–Crippen LogP) is 3.74. The molecule has 0 unspecified atom stereocenters. The number of pyridine rings is 1. The lowest BCUT2D eigenvalue weighted by atomic mass is 10.1. The molecular weight excluding hydrogens is 458 g/mol. The summed E-state index contributed by atoms with van der Waals surface area (Å²) in [7, 11) is 6.48. The average Bonchev–Trinajstić information content (AvgIpc) is 3.33. The maximum absolute atomic E-state index is 13.0. The minimum Gasteiger partial charge on any atom is -0.497 e. The molecule has 0 aliphatic rings. The summed E-state index contributed by atoms with van der Waals surface area (Å²) in [5.74, 6) is 7.75. The lowest BCUT2D eigenvalue weighted by Gasteiger charge is -2.11. The van der Waals surface area contributed by atoms with Crippen LogP contribution in [0.4, 0.5) is 11.5 Å². The van der Waals surface area contributed by atoms with Crippen LogP contribution in [0.5, 0.6) is 17.2 Å². The Bertz CT molecular complexity index is 1460. The Kier molecular flexibility index (Phi) is 7.07. The third-order valence-corrected chi connectivity index (χ3v) is 5.36. The van der Waals surface area contributed by atoms with Crippen LogP contribution in [-0.4, -0.2) is 42.0 Å². The van der Waals surface area contributed by atoms with Gasteiger partial charge in [-0.2, -0.15) is 5.10 Å². The van der Waals surface area contributed by atoms with Gasteiger partial charge in [0.1, 0.15) is 23.1 Å². The number of hydrogen-bond donors (Lipinski definition) is 2. The van der Waals surface area contributed by atoms with Crippen molar-refractivity contribution < 1.29 is 19.0 Å². The van der Waals surface area contributed by atoms with E-state index >= 15 is 0 Å². The molecule has 0 spiro atoms. The molecular formula is C27H25N5O4. The Labute approximate surface area is 208 Å². The number of nitrogens with zero attached hydrogens (tertiary/aromatic N) is 3. The van der Waals surface area contributed by atoms with Crippen molar-refractivity contribution in [1.82, 2.24) is 14.8 Å². The van der Waals surface area contributed by atoms with E-state index in [0.29, 0.717) is 45.4 Å². The van der Waals surface area contributed by atoms with Gasteiger partial charge in [0.15, 0.2) is 0 Å². The van der Waals surface area contributed by atoms with E-state index in [1.54, 1.807) is 74.8 Å². The number of anilines is 2. The van der Waals surface area contributed by atoms with E-state index in [0.717, 1.165) is 11.1 Å². The summed E-state index contributed by atoms with van der Waals surface area (Å²) in [6.45, 7) is 0. The minimum atomic E-state index is -0.323. The molecule has 3 N–H and O–H groups in total. The number of carbonyl (C=O) groups is 1. The molecule has 182 valence electrons. The van der Waals surface area contributed by atoms with Crippen LogP contribution in [0.25, 0.3) is 11.1 Å². The van der Waals surface area contributed by atoms with Crippen molar-refractivity contribution in [1.29, 1.82) is 0 Å². The molecule has 0 aliphatic carbocycles. The average molecular weight is 484 g/mol. The molecule has 0 fully saturated rings. The summed E-state index contributed by atoms with van der Waals surface area (Å²) in [5.41, 5.74) is 9.83. The van der Waals surface area contributed by atoms with Crippen molar-refractivity contribution in [3.05, 3.63) is 77.7 Å². The van der Waals surface area contributed by atoms with Gasteiger partial charge in [0.2, 0.25) is 0 Å². The minimum absolute atomic E-state index is 0.301. The molecule has 9 heteroatoms. The molecule has 4 rings (SSSR count). The SMILES string of the molecule is COc1cc(NC(=O)c2ccc(OC)c(C#Cc3cc(-c4cnn(C)c4)cnc3N)c2)cc(OC)c1. The number of hydrogen-bond acceptors (Lipinski definition) is 7. The van der Waals surface area contributed by atoms with Crippen molar-refractivity contribution in [3.8, 4) is 40.2 Å². The highest BCUT2D eigenvalue weighted by Gasteiger charge is 2.12. The summed E-state index contributed by atoms with van der Waals surface area (Å²) < 4.78 is 17.7. The number of nitrogens with one attached hydrogen (secondary N) is 1. The van der Waals surface area contributed by atoms with Gasteiger partial charge in [-0.1, -0.05) is 11.8 Å². The molecule has 0 atom stereocenters. The number of aryl methyl sites for hydroxylation is 1. The standard InChI is InChI=1S/C27H25N5O4/c1-32-16-21(15-30-32)20-10-18(26(28)29-14-20)6-5-17-9-19(7-8-25(17)36-4)27(33)31-22-11-23(34-2)13-24(12-22)35-3/h7-16H,1-4H3,(H2,28,29)(H,31,33). The highest BCUT2D eigenvalue weighted by molar-refractivity contribution is 6.04. The van der Waals surface area contributed by atoms with Crippen LogP contribution in [0.1, 0.15) is 21.5 Å². The molecule has 0 bridgehead atoms. The Morgan fingerprint density at radius 1 is 0.917 bits per heavy atom. The van der Waals surface area contributed by atoms with Gasteiger partial charge in [-0.15, -0.1) is 0 Å². The van der Waals surface area contributed by atoms with Gasteiger partial charge in [0.25, 0.3) is 5.91 Å². The lowest BCUT2D eigenvalue weighted by Crippen LogP contribution is -2.12. The second-order valence-corrected chi connectivity index (χ2v) is 7.78. The first-order valence-electron chi connectivity index (χ1n) is 10.9. The second kappa shape index (κ2) is 10.5. The first-order chi connectivity index (χ1) is 17.4. The number of rotatable bonds is 6. The van der Waals surface area contributed by atoms with Crippen molar-refractivity contribution in [3.63, 3.8) is 0 Å². The Morgan fingerprint density at radius 3 is 2.28 bits per heavy atom. The zero-order chi connectivity index (χ0) is 25.7. The maximum Gasteiger partial charge on any atom is 0.255 e. The highest BCUT2D eigenvalue weighted by Crippen LogP contribution is 2.27. The van der Waals surface area contributed by atoms with E-state index in [4.69, 9.17) is 19.9 Å². The number of aromatic nitrogens is 3. The van der Waals surface area contributed by atoms with Gasteiger partial charge in [0, 0.05) is 60.0 Å². The van der Waals surface area contributed by atoms with Gasteiger partial charge in [-0.25, -0.2) is 4.98 Å². The number of methoxy groups -OCH3 is 3. The second-order valence-electron chi connectivity index (χ2n) is 7.78. The van der Waals surface area contributed by atoms with Crippen LogP contribution in [0.2, 0.25) is 0 Å². The van der Waals surface area contributed by atoms with Gasteiger partial charge >= 0.3 is 0 Å². The summed E-state index contributed by atoms with van der Waals surface area (Å²) in [6, 6.07) is 12.0. The molecule has 0 radical (unpaired) electrons. The van der Waals surface area contributed by atoms with Crippen LogP contribution in [0.15, 0.2) is 61.1 Å². The zero-order valence-electron chi connectivity index (χ0n) is 20.3. The van der Waals surface area contributed by atoms with Crippen molar-refractivity contribution in [2.75, 3.05) is 32.4 Å². The Hall–Kier alpha value is -4.97. The number of nitrogen functional groups attached to an aromatic ring is 1. The van der Waals surface area contributed by atoms with Gasteiger partial charge in [-0.3, -0.25) is 9.48 Å². The van der Waals surface area contributed by atoms with E-state index in [-0.39, 0.29) is 5.91 Å². The van der Waals surface area contributed by atoms with Gasteiger partial charge in [0.05, 0.1) is 38.7 Å². The third-order valence-electron chi connectivity index (χ3n) is 5.36. The summed E-state index contributed by atoms with van der Waals surface area (Å²) >= 11 is 0. The first kappa shape index (κ1) is 24.2. The summed E-state index contributed by atoms with van der Waals surface area (Å²) in [4.78, 5) is 17.2. The van der Waals surface area contributed by atoms with Crippen LogP contribution in [0.3, 0.4) is 0 Å². The van der Waals surface area contributed by atoms with Gasteiger partial charge < -0.3 is 25.3 Å². The van der Waals surface area contributed by atoms with E-state index in [1.165, 1.54) is 0 Å². The molecule has 0 saturated heterocycles. The smallest absolute Gasteiger partial charge is 0.255 e. The van der Waals surface area contributed by atoms with Crippen molar-refractivity contribution in [2.45, 2.75) is 0 Å². The molecule has 2 heterocycles. The largest absolute Gasteiger partial charge is 0.497 e. The highest BCUT2D eigenvalue weighted by atomic mass is 16.5. The van der Waals surface area contributed by atoms with E-state index < -0.39 is 0 Å². The normalized spacial score (nSPS) is 10.2. The molecule has 4 aromatic rings. The fraction of sp³-hybridized carbons (Fsp3) is 0.148. The fourth-order valence-corrected chi connectivity index (χ4v) is 3.47. The topological polar surface area (TPSA) is 114 Å². The summed E-state index contributed by atoms with van der Waals surface area (Å²) in [5, 5.41) is 7.05. The van der Waals surface area contributed by atoms with E-state index in [9.17, 15) is 4.79 Å². The molecule has 1 amide bonds. The van der Waals surface area contributed by atoms with Crippen molar-refractivity contribution >= 4 is 17.4 Å². The molecule has 2 aromatic heterocycles. The molecule has 0 saturated carbocycles. The van der Waals surface area contributed by atoms with E-state index in [2.05, 4.69) is 27.2 Å². The molecule has 2 aromatic carbocycles. The van der Waals surface area contributed by atoms with Crippen molar-refractivity contribution in [2.24, 2.45) is 7.05 Å². The fourth-order valence-electron chi connectivity index (χ4n) is 3.47. The summed E-state index contributed by atoms with van der Waals surface area (Å²) in [6.07, 6.45) is 5.30. The molecule has 9 nitrogen and oxygen atoms in total. The maximum atomic E-state index is 13.0. The number of ether oxygens (including phenoxy) is 3. The third kappa shape index (κ3) is 5.39. The monoisotopic (exact) mass is 483 g/mol. The number of nitrogens with two attached hydrogens (primary N) is 1. The van der Waals surface area contributed by atoms with Crippen LogP contribution >= 0.6 is 0 Å². The first-order valence-corrected chi connectivity index (χ1v) is 10.9. The molecule has 36 heavy (non-hydrogen) atoms. The number of amides is 1. The number of carbonyl (C=O) groups excluding carboxylic acids is 1. The van der Waals surface area contributed by atoms with Crippen LogP contribution < -0.4 is 25.3 Å². The Balaban J connectivity index is 1.63. The zero-order valence-corrected chi connectivity index (χ0v) is 20.3. The quantitative estimate of drug-likeness (QED) is 0.402. The molecule has 0 aliphatic heterocycles. The van der Waals surface area contributed by atoms with Crippen LogP contribution in [0, 0.1) is 11.8 Å². The predicted molar refractivity (Wildman–Crippen MR) is 137 cm³/mol. The van der Waals surface area contributed by atoms with E-state index in [1.807, 2.05) is 19.3 Å². The Morgan fingerprint density at radius 2 is 1.64 bits per heavy atom. The van der Waals surface area contributed by atoms with Gasteiger partial charge in [-0.05, 0) is 24.3 Å². The number of benzene rings is 2. The van der Waals surface area contributed by atoms with Crippen LogP contribution in [-0.2, 0) is 7.05 Å². The lowest BCUT2D eigenvalue weighted by molar-refractivity contribution is 0.102.